The summed E-state index contributed by atoms with van der Waals surface area (Å²) >= 11 is 0. The van der Waals surface area contributed by atoms with Gasteiger partial charge in [-0.25, -0.2) is 8.78 Å². The van der Waals surface area contributed by atoms with Crippen LogP contribution in [0.15, 0.2) is 72.8 Å². The van der Waals surface area contributed by atoms with Gasteiger partial charge in [-0.3, -0.25) is 0 Å². The molecule has 1 atom stereocenters. The van der Waals surface area contributed by atoms with E-state index in [1.807, 2.05) is 36.4 Å². The van der Waals surface area contributed by atoms with E-state index in [0.717, 1.165) is 36.4 Å². The molecule has 0 saturated heterocycles. The maximum atomic E-state index is 13.3. The predicted octanol–water partition coefficient (Wildman–Crippen LogP) is 4.26. The summed E-state index contributed by atoms with van der Waals surface area (Å²) in [7, 11) is 1.65. The normalized spacial score (nSPS) is 12.0. The lowest BCUT2D eigenvalue weighted by Crippen LogP contribution is -2.82. The molecule has 3 aromatic rings. The van der Waals surface area contributed by atoms with Gasteiger partial charge in [0.2, 0.25) is 0 Å². The van der Waals surface area contributed by atoms with Crippen LogP contribution in [-0.4, -0.2) is 13.7 Å². The van der Waals surface area contributed by atoms with Crippen molar-refractivity contribution in [2.45, 2.75) is 18.9 Å². The number of hydrogen-bond donors (Lipinski definition) is 1. The zero-order valence-electron chi connectivity index (χ0n) is 15.4. The third kappa shape index (κ3) is 5.38. The van der Waals surface area contributed by atoms with E-state index in [1.165, 1.54) is 29.8 Å². The van der Waals surface area contributed by atoms with Gasteiger partial charge in [0.25, 0.3) is 0 Å². The highest BCUT2D eigenvalue weighted by Crippen LogP contribution is 2.29. The minimum Gasteiger partial charge on any atom is -0.497 e. The van der Waals surface area contributed by atoms with Crippen molar-refractivity contribution in [1.82, 2.24) is 0 Å². The number of methoxy groups -OCH3 is 1. The van der Waals surface area contributed by atoms with Gasteiger partial charge in [0, 0.05) is 17.9 Å². The molecule has 0 heterocycles. The van der Waals surface area contributed by atoms with E-state index < -0.39 is 0 Å². The molecule has 3 aromatic carbocycles. The first kappa shape index (κ1) is 19.1. The first-order valence-electron chi connectivity index (χ1n) is 9.11. The molecule has 0 saturated carbocycles. The maximum absolute atomic E-state index is 13.3. The van der Waals surface area contributed by atoms with Crippen molar-refractivity contribution >= 4 is 0 Å². The molecule has 0 unspecified atom stereocenters. The molecule has 0 bridgehead atoms. The summed E-state index contributed by atoms with van der Waals surface area (Å²) in [4.78, 5) is 0. The molecular weight excluding hydrogens is 344 g/mol. The molecule has 27 heavy (non-hydrogen) atoms. The Bertz CT molecular complexity index is 830. The molecule has 0 aliphatic carbocycles. The molecule has 3 rings (SSSR count). The van der Waals surface area contributed by atoms with Gasteiger partial charge in [-0.05, 0) is 47.5 Å². The van der Waals surface area contributed by atoms with Crippen molar-refractivity contribution in [2.75, 3.05) is 13.7 Å². The maximum Gasteiger partial charge on any atom is 0.123 e. The van der Waals surface area contributed by atoms with Gasteiger partial charge in [-0.2, -0.15) is 0 Å². The van der Waals surface area contributed by atoms with Crippen LogP contribution in [0.1, 0.15) is 29.0 Å². The Labute approximate surface area is 158 Å². The fourth-order valence-corrected chi connectivity index (χ4v) is 3.23. The lowest BCUT2D eigenvalue weighted by molar-refractivity contribution is -0.671. The van der Waals surface area contributed by atoms with Crippen LogP contribution in [0.4, 0.5) is 8.78 Å². The van der Waals surface area contributed by atoms with Gasteiger partial charge in [0.15, 0.2) is 0 Å². The number of rotatable bonds is 8. The second-order valence-corrected chi connectivity index (χ2v) is 6.57. The van der Waals surface area contributed by atoms with Gasteiger partial charge in [-0.1, -0.05) is 36.4 Å². The SMILES string of the molecule is COc1ccc([C@@H](CC[NH2+]Cc2ccc(F)cc2)c2ccc(F)cc2)cc1. The monoisotopic (exact) mass is 368 g/mol. The van der Waals surface area contributed by atoms with E-state index in [1.54, 1.807) is 7.11 Å². The zero-order valence-corrected chi connectivity index (χ0v) is 15.4. The number of nitrogens with two attached hydrogens (primary N) is 1. The average Bonchev–Trinajstić information content (AvgIpc) is 2.70. The van der Waals surface area contributed by atoms with E-state index in [0.29, 0.717) is 0 Å². The summed E-state index contributed by atoms with van der Waals surface area (Å²) in [6.07, 6.45) is 0.916. The Morgan fingerprint density at radius 3 is 1.85 bits per heavy atom. The van der Waals surface area contributed by atoms with E-state index in [9.17, 15) is 8.78 Å². The summed E-state index contributed by atoms with van der Waals surface area (Å²) in [5.41, 5.74) is 3.37. The number of ether oxygens (including phenoxy) is 1. The van der Waals surface area contributed by atoms with Gasteiger partial charge in [0.1, 0.15) is 23.9 Å². The summed E-state index contributed by atoms with van der Waals surface area (Å²) in [6.45, 7) is 1.71. The lowest BCUT2D eigenvalue weighted by Gasteiger charge is -2.18. The van der Waals surface area contributed by atoms with Crippen LogP contribution >= 0.6 is 0 Å². The number of benzene rings is 3. The predicted molar refractivity (Wildman–Crippen MR) is 103 cm³/mol. The van der Waals surface area contributed by atoms with E-state index in [4.69, 9.17) is 4.74 Å². The topological polar surface area (TPSA) is 25.8 Å². The Hall–Kier alpha value is -2.72. The fraction of sp³-hybridized carbons (Fsp3) is 0.217. The molecule has 0 aliphatic heterocycles. The highest BCUT2D eigenvalue weighted by atomic mass is 19.1. The summed E-state index contributed by atoms with van der Waals surface area (Å²) in [5, 5.41) is 2.22. The van der Waals surface area contributed by atoms with Crippen LogP contribution in [0.3, 0.4) is 0 Å². The van der Waals surface area contributed by atoms with Crippen LogP contribution in [0.2, 0.25) is 0 Å². The number of quaternary nitrogens is 1. The van der Waals surface area contributed by atoms with Crippen LogP contribution in [0.5, 0.6) is 5.75 Å². The summed E-state index contributed by atoms with van der Waals surface area (Å²) in [6, 6.07) is 21.3. The van der Waals surface area contributed by atoms with Crippen molar-refractivity contribution in [3.63, 3.8) is 0 Å². The molecule has 2 N–H and O–H groups in total. The van der Waals surface area contributed by atoms with E-state index in [2.05, 4.69) is 17.4 Å². The number of halogens is 2. The molecule has 0 fully saturated rings. The number of hydrogen-bond acceptors (Lipinski definition) is 1. The molecule has 0 amide bonds. The molecule has 0 aromatic heterocycles. The largest absolute Gasteiger partial charge is 0.497 e. The average molecular weight is 368 g/mol. The molecule has 4 heteroatoms. The minimum absolute atomic E-state index is 0.181. The summed E-state index contributed by atoms with van der Waals surface area (Å²) < 4.78 is 31.6. The van der Waals surface area contributed by atoms with E-state index >= 15 is 0 Å². The van der Waals surface area contributed by atoms with Crippen LogP contribution in [0, 0.1) is 11.6 Å². The highest BCUT2D eigenvalue weighted by molar-refractivity contribution is 5.36. The van der Waals surface area contributed by atoms with Gasteiger partial charge in [0.05, 0.1) is 13.7 Å². The second-order valence-electron chi connectivity index (χ2n) is 6.57. The molecule has 140 valence electrons. The molecular formula is C23H24F2NO+. The smallest absolute Gasteiger partial charge is 0.123 e. The Morgan fingerprint density at radius 1 is 0.778 bits per heavy atom. The Morgan fingerprint density at radius 2 is 1.30 bits per heavy atom. The molecule has 0 aliphatic rings. The quantitative estimate of drug-likeness (QED) is 0.591. The highest BCUT2D eigenvalue weighted by Gasteiger charge is 2.15. The lowest BCUT2D eigenvalue weighted by atomic mass is 9.88. The van der Waals surface area contributed by atoms with Gasteiger partial charge >= 0.3 is 0 Å². The minimum atomic E-state index is -0.227. The third-order valence-electron chi connectivity index (χ3n) is 4.74. The first-order valence-corrected chi connectivity index (χ1v) is 9.11. The second kappa shape index (κ2) is 9.28. The molecule has 0 spiro atoms. The van der Waals surface area contributed by atoms with Crippen molar-refractivity contribution in [2.24, 2.45) is 0 Å². The standard InChI is InChI=1S/C23H23F2NO/c1-27-22-12-6-19(7-13-22)23(18-4-10-21(25)11-5-18)14-15-26-16-17-2-8-20(24)9-3-17/h2-13,23,26H,14-16H2,1H3/p+1/t23-/m0/s1. The molecule has 2 nitrogen and oxygen atoms in total. The summed E-state index contributed by atoms with van der Waals surface area (Å²) in [5.74, 6) is 0.560. The zero-order chi connectivity index (χ0) is 19.1. The van der Waals surface area contributed by atoms with Gasteiger partial charge < -0.3 is 10.1 Å². The van der Waals surface area contributed by atoms with Crippen molar-refractivity contribution in [1.29, 1.82) is 0 Å². The van der Waals surface area contributed by atoms with Crippen molar-refractivity contribution in [3.05, 3.63) is 101 Å². The van der Waals surface area contributed by atoms with Crippen molar-refractivity contribution < 1.29 is 18.8 Å². The molecule has 0 radical (unpaired) electrons. The Kier molecular flexibility index (Phi) is 6.55. The first-order chi connectivity index (χ1) is 13.2. The third-order valence-corrected chi connectivity index (χ3v) is 4.74. The van der Waals surface area contributed by atoms with Crippen LogP contribution in [0.25, 0.3) is 0 Å². The Balaban J connectivity index is 1.67. The van der Waals surface area contributed by atoms with Crippen LogP contribution < -0.4 is 10.1 Å². The van der Waals surface area contributed by atoms with E-state index in [-0.39, 0.29) is 17.6 Å². The van der Waals surface area contributed by atoms with Crippen LogP contribution in [-0.2, 0) is 6.54 Å². The van der Waals surface area contributed by atoms with Gasteiger partial charge in [-0.15, -0.1) is 0 Å². The fourth-order valence-electron chi connectivity index (χ4n) is 3.23. The van der Waals surface area contributed by atoms with Crippen molar-refractivity contribution in [3.8, 4) is 5.75 Å².